The molecule has 0 saturated carbocycles. The molecule has 9 amide bonds. The number of Topliss-reactive ketones (excluding diaryl/α,β-unsaturated/α-hetero) is 3. The number of rotatable bonds is 41. The summed E-state index contributed by atoms with van der Waals surface area (Å²) in [6.45, 7) is 6.70. The van der Waals surface area contributed by atoms with Crippen LogP contribution in [-0.2, 0) is 28.8 Å². The molecule has 4 rings (SSSR count). The van der Waals surface area contributed by atoms with Crippen molar-refractivity contribution in [2.75, 3.05) is 53.1 Å². The van der Waals surface area contributed by atoms with E-state index < -0.39 is 121 Å². The lowest BCUT2D eigenvalue weighted by molar-refractivity contribution is -0.121. The van der Waals surface area contributed by atoms with Crippen molar-refractivity contribution in [2.24, 2.45) is 62.3 Å². The summed E-state index contributed by atoms with van der Waals surface area (Å²) in [7, 11) is 1.68. The lowest BCUT2D eigenvalue weighted by atomic mass is 10.1. The predicted octanol–water partition coefficient (Wildman–Crippen LogP) is -6.18. The first-order chi connectivity index (χ1) is 46.3. The third-order valence-corrected chi connectivity index (χ3v) is 13.5. The Morgan fingerprint density at radius 2 is 0.847 bits per heavy atom. The highest BCUT2D eigenvalue weighted by Crippen LogP contribution is 2.23. The standard InChI is InChI=1S/C15H27N9O5.C15H27N7O5.C15H28N6O5.C9H16N4O3/c1-7(26)10(6-25)22-15(28)21-9(5-11(17)27)13-23-12(24-29-13)8(16)3-2-4-20-14(18)19;1-8(24)11(7-23)20-15(26)19-10(6-12(18)25)14-21-13(22-27-14)9(17)4-2-3-5-16;1-8(23)12(9(2)24)19-15(25)18-11(5-3-4-6-16)14-20-13(21-26-14)10(17)7-22;1-5(3-7(10)15)9-12-8(13-16-9)6(4-14)11-2/h8-10,25H,2-6,16H2,1H3,(H2,17,27)(H4,18,19,20)(H2,21,22,28);9-11,23H,2-7,16-17H2,1H3,(H2,18,25)(H2,19,20,26);8,10-12,22-23H,3-7,16-17H2,1-2H3,(H2,18,19,25);5-6,11,14H,3-4H2,1-2H3,(H2,10,15)/t8-,9-,10-;9-,10-,11-;8?,10-,11-,12-;5-,6-/m0000/s1. The fourth-order valence-corrected chi connectivity index (χ4v) is 7.99. The molecule has 44 heteroatoms. The third-order valence-electron chi connectivity index (χ3n) is 13.5. The Hall–Kier alpha value is -9.38. The van der Waals surface area contributed by atoms with E-state index in [2.05, 4.69) is 82.8 Å². The summed E-state index contributed by atoms with van der Waals surface area (Å²) < 4.78 is 20.3. The maximum Gasteiger partial charge on any atom is 0.316 e. The summed E-state index contributed by atoms with van der Waals surface area (Å²) >= 11 is 0. The Morgan fingerprint density at radius 1 is 0.459 bits per heavy atom. The van der Waals surface area contributed by atoms with Crippen LogP contribution in [0.15, 0.2) is 23.1 Å². The summed E-state index contributed by atoms with van der Waals surface area (Å²) in [5.41, 5.74) is 54.5. The van der Waals surface area contributed by atoms with Crippen LogP contribution in [0.5, 0.6) is 0 Å². The molecular formula is C54H98N26O18. The molecule has 552 valence electrons. The van der Waals surface area contributed by atoms with Crippen LogP contribution in [0.3, 0.4) is 0 Å². The van der Waals surface area contributed by atoms with E-state index in [4.69, 9.17) is 95.9 Å². The zero-order valence-electron chi connectivity index (χ0n) is 55.5. The number of urea groups is 3. The van der Waals surface area contributed by atoms with Crippen molar-refractivity contribution in [2.45, 2.75) is 178 Å². The number of aliphatic hydroxyl groups is 5. The van der Waals surface area contributed by atoms with Crippen molar-refractivity contribution in [3.8, 4) is 0 Å². The van der Waals surface area contributed by atoms with Crippen LogP contribution in [0, 0.1) is 0 Å². The van der Waals surface area contributed by atoms with Crippen molar-refractivity contribution in [3.05, 3.63) is 46.9 Å². The van der Waals surface area contributed by atoms with E-state index in [0.717, 1.165) is 19.3 Å². The van der Waals surface area contributed by atoms with Gasteiger partial charge in [-0.2, -0.15) is 19.9 Å². The molecule has 0 fully saturated rings. The molecule has 0 aliphatic heterocycles. The van der Waals surface area contributed by atoms with Crippen LogP contribution in [0.2, 0.25) is 0 Å². The molecule has 4 heterocycles. The highest BCUT2D eigenvalue weighted by molar-refractivity contribution is 5.89. The maximum atomic E-state index is 12.2. The molecule has 4 aromatic heterocycles. The Kier molecular flexibility index (Phi) is 41.3. The van der Waals surface area contributed by atoms with Crippen LogP contribution in [0.4, 0.5) is 14.4 Å². The van der Waals surface area contributed by atoms with Crippen LogP contribution in [-0.4, -0.2) is 203 Å². The van der Waals surface area contributed by atoms with E-state index in [0.29, 0.717) is 63.5 Å². The number of ketones is 3. The number of carbonyl (C=O) groups excluding carboxylic acids is 9. The molecule has 0 aliphatic carbocycles. The van der Waals surface area contributed by atoms with Crippen molar-refractivity contribution in [3.63, 3.8) is 0 Å². The minimum Gasteiger partial charge on any atom is -0.394 e. The number of hydrogen-bond donors (Lipinski definition) is 22. The lowest BCUT2D eigenvalue weighted by Gasteiger charge is -2.21. The molecule has 98 heavy (non-hydrogen) atoms. The van der Waals surface area contributed by atoms with Gasteiger partial charge in [0.05, 0.1) is 69.5 Å². The number of nitrogens with zero attached hydrogens (tertiary/aromatic N) is 9. The SMILES string of the molecule is CC(=O)[C@@H](NC(=O)N[C@@H](CCCCN)c1nc([C@@H](N)CO)no1)C(C)O.CC(=O)[C@H](CO)NC(=O)N[C@@H](CC(N)=O)c1nc([C@@H](N)CCCCN)no1.CC(=O)[C@H](CO)NC(=O)N[C@@H](CC(N)=O)c1nc([C@@H](N)CCCN=C(N)N)no1.CN[C@@H](CO)c1noc([C@@H](C)CC(N)=O)n1. The minimum atomic E-state index is -1.10. The second kappa shape index (κ2) is 46.7. The molecule has 0 aromatic carbocycles. The number of carbonyl (C=O) groups is 9. The van der Waals surface area contributed by atoms with Crippen LogP contribution < -0.4 is 94.6 Å². The fraction of sp³-hybridized carbons (Fsp3) is 0.667. The molecule has 0 aliphatic rings. The summed E-state index contributed by atoms with van der Waals surface area (Å²) in [5, 5.41) is 78.1. The number of guanidine groups is 1. The summed E-state index contributed by atoms with van der Waals surface area (Å²) in [4.78, 5) is 124. The molecule has 1 unspecified atom stereocenters. The molecule has 0 radical (unpaired) electrons. The number of nitrogens with one attached hydrogen (secondary N) is 7. The van der Waals surface area contributed by atoms with Gasteiger partial charge in [0, 0.05) is 18.9 Å². The summed E-state index contributed by atoms with van der Waals surface area (Å²) in [6, 6.07) is -10.4. The zero-order chi connectivity index (χ0) is 74.2. The number of primary amides is 3. The average molecular weight is 1400 g/mol. The lowest BCUT2D eigenvalue weighted by Crippen LogP contribution is -2.51. The van der Waals surface area contributed by atoms with Crippen LogP contribution in [0.25, 0.3) is 0 Å². The van der Waals surface area contributed by atoms with E-state index in [1.807, 2.05) is 0 Å². The second-order valence-electron chi connectivity index (χ2n) is 22.0. The zero-order valence-corrected chi connectivity index (χ0v) is 55.5. The van der Waals surface area contributed by atoms with Gasteiger partial charge < -0.3 is 138 Å². The number of hydrogen-bond acceptors (Lipinski definition) is 33. The maximum absolute atomic E-state index is 12.2. The molecule has 12 atom stereocenters. The Morgan fingerprint density at radius 3 is 1.22 bits per heavy atom. The number of aliphatic hydroxyl groups excluding tert-OH is 5. The molecule has 0 saturated heterocycles. The molecule has 0 spiro atoms. The first-order valence-corrected chi connectivity index (χ1v) is 30.7. The van der Waals surface area contributed by atoms with Gasteiger partial charge in [0.25, 0.3) is 0 Å². The van der Waals surface area contributed by atoms with Gasteiger partial charge in [0.2, 0.25) is 41.3 Å². The Balaban J connectivity index is 0.000000665. The Labute approximate surface area is 562 Å². The van der Waals surface area contributed by atoms with Gasteiger partial charge in [-0.05, 0) is 92.8 Å². The van der Waals surface area contributed by atoms with E-state index in [9.17, 15) is 48.3 Å². The van der Waals surface area contributed by atoms with Crippen LogP contribution in [0.1, 0.15) is 200 Å². The van der Waals surface area contributed by atoms with Gasteiger partial charge in [0.1, 0.15) is 36.3 Å². The molecule has 32 N–H and O–H groups in total. The number of unbranched alkanes of at least 4 members (excludes halogenated alkanes) is 2. The van der Waals surface area contributed by atoms with Crippen molar-refractivity contribution >= 4 is 59.1 Å². The Bertz CT molecular complexity index is 3080. The largest absolute Gasteiger partial charge is 0.394 e. The third kappa shape index (κ3) is 33.5. The van der Waals surface area contributed by atoms with Gasteiger partial charge in [-0.1, -0.05) is 34.0 Å². The number of likely N-dealkylation sites (N-methyl/N-ethyl adjacent to an activating group) is 1. The molecular weight excluding hydrogens is 1300 g/mol. The number of aromatic nitrogens is 8. The summed E-state index contributed by atoms with van der Waals surface area (Å²) in [5.74, 6) is -2.10. The van der Waals surface area contributed by atoms with Gasteiger partial charge in [-0.3, -0.25) is 33.8 Å². The van der Waals surface area contributed by atoms with Gasteiger partial charge in [-0.15, -0.1) is 0 Å². The van der Waals surface area contributed by atoms with Gasteiger partial charge in [-0.25, -0.2) is 14.4 Å². The normalized spacial score (nSPS) is 14.6. The first-order valence-electron chi connectivity index (χ1n) is 30.7. The topological polar surface area (TPSA) is 767 Å². The van der Waals surface area contributed by atoms with Crippen LogP contribution >= 0.6 is 0 Å². The van der Waals surface area contributed by atoms with E-state index in [1.165, 1.54) is 27.7 Å². The quantitative estimate of drug-likeness (QED) is 0.0112. The van der Waals surface area contributed by atoms with Gasteiger partial charge >= 0.3 is 18.1 Å². The summed E-state index contributed by atoms with van der Waals surface area (Å²) in [6.07, 6.45) is 3.62. The van der Waals surface area contributed by atoms with E-state index >= 15 is 0 Å². The van der Waals surface area contributed by atoms with Crippen molar-refractivity contribution < 1.29 is 86.8 Å². The number of amides is 9. The molecule has 4 aromatic rings. The van der Waals surface area contributed by atoms with Gasteiger partial charge in [0.15, 0.2) is 46.6 Å². The monoisotopic (exact) mass is 1400 g/mol. The number of aliphatic imine (C=N–C) groups is 1. The molecule has 44 nitrogen and oxygen atoms in total. The smallest absolute Gasteiger partial charge is 0.316 e. The van der Waals surface area contributed by atoms with Crippen molar-refractivity contribution in [1.82, 2.24) is 77.8 Å². The predicted molar refractivity (Wildman–Crippen MR) is 342 cm³/mol. The van der Waals surface area contributed by atoms with E-state index in [1.54, 1.807) is 14.0 Å². The first kappa shape index (κ1) is 86.6. The highest BCUT2D eigenvalue weighted by atomic mass is 16.5. The molecule has 0 bridgehead atoms. The second-order valence-corrected chi connectivity index (χ2v) is 22.0. The van der Waals surface area contributed by atoms with Crippen molar-refractivity contribution in [1.29, 1.82) is 0 Å². The highest BCUT2D eigenvalue weighted by Gasteiger charge is 2.31. The number of nitrogens with two attached hydrogens (primary N) is 10. The minimum absolute atomic E-state index is 0.0210. The fourth-order valence-electron chi connectivity index (χ4n) is 7.99. The van der Waals surface area contributed by atoms with E-state index in [-0.39, 0.29) is 91.3 Å². The average Bonchev–Trinajstić information content (AvgIpc) is 1.72.